The molecule has 2 aromatic carbocycles. The minimum absolute atomic E-state index is 0.0199. The summed E-state index contributed by atoms with van der Waals surface area (Å²) in [5.74, 6) is -2.68. The third kappa shape index (κ3) is 4.21. The number of aryl methyl sites for hydroxylation is 1. The van der Waals surface area contributed by atoms with Crippen LogP contribution in [0.2, 0.25) is 0 Å². The Bertz CT molecular complexity index is 1220. The number of halogens is 2. The molecule has 0 saturated carbocycles. The van der Waals surface area contributed by atoms with Crippen LogP contribution in [0.1, 0.15) is 16.1 Å². The fourth-order valence-electron chi connectivity index (χ4n) is 3.31. The van der Waals surface area contributed by atoms with Crippen LogP contribution in [0.15, 0.2) is 57.9 Å². The van der Waals surface area contributed by atoms with Gasteiger partial charge in [0.2, 0.25) is 15.8 Å². The third-order valence-electron chi connectivity index (χ3n) is 5.12. The second kappa shape index (κ2) is 8.20. The van der Waals surface area contributed by atoms with Gasteiger partial charge in [-0.05, 0) is 25.1 Å². The molecule has 0 aliphatic carbocycles. The molecule has 0 bridgehead atoms. The van der Waals surface area contributed by atoms with Crippen LogP contribution in [0.25, 0.3) is 11.3 Å². The first-order valence-electron chi connectivity index (χ1n) is 9.54. The van der Waals surface area contributed by atoms with E-state index >= 15 is 0 Å². The van der Waals surface area contributed by atoms with Crippen LogP contribution >= 0.6 is 0 Å². The summed E-state index contributed by atoms with van der Waals surface area (Å²) >= 11 is 0. The summed E-state index contributed by atoms with van der Waals surface area (Å²) < 4.78 is 58.3. The number of aromatic nitrogens is 1. The number of benzene rings is 2. The Morgan fingerprint density at radius 2 is 1.65 bits per heavy atom. The highest BCUT2D eigenvalue weighted by Crippen LogP contribution is 2.23. The van der Waals surface area contributed by atoms with Gasteiger partial charge in [0.25, 0.3) is 5.91 Å². The number of amides is 1. The number of carbonyl (C=O) groups excluding carboxylic acids is 1. The van der Waals surface area contributed by atoms with E-state index in [0.29, 0.717) is 11.8 Å². The third-order valence-corrected chi connectivity index (χ3v) is 7.02. The molecule has 0 unspecified atom stereocenters. The quantitative estimate of drug-likeness (QED) is 0.614. The second-order valence-corrected chi connectivity index (χ2v) is 9.15. The van der Waals surface area contributed by atoms with Crippen molar-refractivity contribution in [2.45, 2.75) is 11.8 Å². The van der Waals surface area contributed by atoms with Gasteiger partial charge >= 0.3 is 0 Å². The Labute approximate surface area is 177 Å². The van der Waals surface area contributed by atoms with Crippen molar-refractivity contribution in [1.82, 2.24) is 14.4 Å². The van der Waals surface area contributed by atoms with Gasteiger partial charge in [0.05, 0.1) is 4.90 Å². The van der Waals surface area contributed by atoms with E-state index in [0.717, 1.165) is 27.6 Å². The summed E-state index contributed by atoms with van der Waals surface area (Å²) in [4.78, 5) is 13.9. The van der Waals surface area contributed by atoms with Gasteiger partial charge in [-0.15, -0.1) is 0 Å². The lowest BCUT2D eigenvalue weighted by Gasteiger charge is -2.33. The van der Waals surface area contributed by atoms with E-state index in [1.165, 1.54) is 4.90 Å². The van der Waals surface area contributed by atoms with Gasteiger partial charge in [0.15, 0.2) is 11.6 Å². The second-order valence-electron chi connectivity index (χ2n) is 7.21. The highest BCUT2D eigenvalue weighted by molar-refractivity contribution is 7.89. The van der Waals surface area contributed by atoms with E-state index in [-0.39, 0.29) is 36.8 Å². The highest BCUT2D eigenvalue weighted by Gasteiger charge is 2.32. The highest BCUT2D eigenvalue weighted by atomic mass is 32.2. The Morgan fingerprint density at radius 1 is 0.968 bits per heavy atom. The van der Waals surface area contributed by atoms with Crippen molar-refractivity contribution in [3.05, 3.63) is 71.5 Å². The van der Waals surface area contributed by atoms with Crippen molar-refractivity contribution < 1.29 is 26.5 Å². The van der Waals surface area contributed by atoms with Gasteiger partial charge in [0.1, 0.15) is 5.69 Å². The predicted octanol–water partition coefficient (Wildman–Crippen LogP) is 3.07. The predicted molar refractivity (Wildman–Crippen MR) is 108 cm³/mol. The zero-order valence-corrected chi connectivity index (χ0v) is 17.4. The number of nitrogens with zero attached hydrogens (tertiary/aromatic N) is 3. The number of hydrogen-bond acceptors (Lipinski definition) is 5. The standard InChI is InChI=1S/C21H19F2N3O4S/c1-14-2-4-15(5-3-14)19-13-20(30-24-19)21(27)25-8-10-26(11-9-25)31(28,29)16-6-7-17(22)18(23)12-16/h2-7,12-13H,8-11H2,1H3. The zero-order valence-electron chi connectivity index (χ0n) is 16.6. The lowest BCUT2D eigenvalue weighted by Crippen LogP contribution is -2.50. The van der Waals surface area contributed by atoms with E-state index in [9.17, 15) is 22.0 Å². The summed E-state index contributed by atoms with van der Waals surface area (Å²) in [6, 6.07) is 11.6. The Hall–Kier alpha value is -3.11. The molecule has 1 fully saturated rings. The molecular weight excluding hydrogens is 428 g/mol. The average molecular weight is 447 g/mol. The molecule has 3 aromatic rings. The zero-order chi connectivity index (χ0) is 22.2. The number of carbonyl (C=O) groups is 1. The van der Waals surface area contributed by atoms with Gasteiger partial charge in [-0.2, -0.15) is 4.31 Å². The molecule has 31 heavy (non-hydrogen) atoms. The Morgan fingerprint density at radius 3 is 2.29 bits per heavy atom. The molecular formula is C21H19F2N3O4S. The summed E-state index contributed by atoms with van der Waals surface area (Å²) in [7, 11) is -4.00. The maximum atomic E-state index is 13.4. The maximum Gasteiger partial charge on any atom is 0.292 e. The van der Waals surface area contributed by atoms with E-state index in [2.05, 4.69) is 5.16 Å². The lowest BCUT2D eigenvalue weighted by atomic mass is 10.1. The van der Waals surface area contributed by atoms with Crippen molar-refractivity contribution in [2.24, 2.45) is 0 Å². The smallest absolute Gasteiger partial charge is 0.292 e. The largest absolute Gasteiger partial charge is 0.350 e. The van der Waals surface area contributed by atoms with Crippen LogP contribution in [0, 0.1) is 18.6 Å². The van der Waals surface area contributed by atoms with Crippen molar-refractivity contribution in [3.8, 4) is 11.3 Å². The van der Waals surface area contributed by atoms with Gasteiger partial charge in [0, 0.05) is 37.8 Å². The molecule has 0 radical (unpaired) electrons. The van der Waals surface area contributed by atoms with Gasteiger partial charge in [-0.25, -0.2) is 17.2 Å². The van der Waals surface area contributed by atoms with E-state index < -0.39 is 27.6 Å². The average Bonchev–Trinajstić information content (AvgIpc) is 3.26. The van der Waals surface area contributed by atoms with Crippen molar-refractivity contribution >= 4 is 15.9 Å². The minimum atomic E-state index is -4.00. The number of piperazine rings is 1. The topological polar surface area (TPSA) is 83.7 Å². The summed E-state index contributed by atoms with van der Waals surface area (Å²) in [6.07, 6.45) is 0. The minimum Gasteiger partial charge on any atom is -0.350 e. The normalized spacial score (nSPS) is 15.3. The summed E-state index contributed by atoms with van der Waals surface area (Å²) in [5, 5.41) is 3.95. The molecule has 0 N–H and O–H groups in total. The van der Waals surface area contributed by atoms with Crippen molar-refractivity contribution in [3.63, 3.8) is 0 Å². The van der Waals surface area contributed by atoms with E-state index in [1.807, 2.05) is 31.2 Å². The maximum absolute atomic E-state index is 13.4. The van der Waals surface area contributed by atoms with Crippen LogP contribution in [0.4, 0.5) is 8.78 Å². The SMILES string of the molecule is Cc1ccc(-c2cc(C(=O)N3CCN(S(=O)(=O)c4ccc(F)c(F)c4)CC3)on2)cc1. The van der Waals surface area contributed by atoms with Crippen LogP contribution < -0.4 is 0 Å². The van der Waals surface area contributed by atoms with Gasteiger partial charge < -0.3 is 9.42 Å². The van der Waals surface area contributed by atoms with E-state index in [4.69, 9.17) is 4.52 Å². The summed E-state index contributed by atoms with van der Waals surface area (Å²) in [5.41, 5.74) is 2.44. The van der Waals surface area contributed by atoms with Crippen molar-refractivity contribution in [2.75, 3.05) is 26.2 Å². The molecule has 1 saturated heterocycles. The molecule has 0 spiro atoms. The molecule has 1 amide bonds. The van der Waals surface area contributed by atoms with Crippen LogP contribution in [-0.2, 0) is 10.0 Å². The monoisotopic (exact) mass is 447 g/mol. The molecule has 7 nitrogen and oxygen atoms in total. The molecule has 2 heterocycles. The molecule has 4 rings (SSSR count). The molecule has 1 aromatic heterocycles. The fourth-order valence-corrected chi connectivity index (χ4v) is 4.74. The molecule has 162 valence electrons. The number of rotatable bonds is 4. The Kier molecular flexibility index (Phi) is 5.59. The first-order valence-corrected chi connectivity index (χ1v) is 11.0. The number of sulfonamides is 1. The molecule has 1 aliphatic heterocycles. The van der Waals surface area contributed by atoms with Crippen LogP contribution in [0.3, 0.4) is 0 Å². The molecule has 0 atom stereocenters. The van der Waals surface area contributed by atoms with Crippen LogP contribution in [0.5, 0.6) is 0 Å². The Balaban J connectivity index is 1.43. The number of hydrogen-bond donors (Lipinski definition) is 0. The molecule has 1 aliphatic rings. The fraction of sp³-hybridized carbons (Fsp3) is 0.238. The van der Waals surface area contributed by atoms with Crippen molar-refractivity contribution in [1.29, 1.82) is 0 Å². The molecule has 10 heteroatoms. The van der Waals surface area contributed by atoms with E-state index in [1.54, 1.807) is 6.07 Å². The first-order chi connectivity index (χ1) is 14.8. The van der Waals surface area contributed by atoms with Gasteiger partial charge in [-0.3, -0.25) is 4.79 Å². The first kappa shape index (κ1) is 21.1. The van der Waals surface area contributed by atoms with Crippen LogP contribution in [-0.4, -0.2) is 54.9 Å². The summed E-state index contributed by atoms with van der Waals surface area (Å²) in [6.45, 7) is 2.26. The van der Waals surface area contributed by atoms with Gasteiger partial charge in [-0.1, -0.05) is 35.0 Å². The lowest BCUT2D eigenvalue weighted by molar-refractivity contribution is 0.0656.